The Labute approximate surface area is 125 Å². The summed E-state index contributed by atoms with van der Waals surface area (Å²) in [6.45, 7) is 4.95. The molecule has 0 saturated heterocycles. The van der Waals surface area contributed by atoms with Crippen LogP contribution in [-0.4, -0.2) is 43.0 Å². The first kappa shape index (κ1) is 17.0. The topological polar surface area (TPSA) is 84.7 Å². The Kier molecular flexibility index (Phi) is 7.25. The SMILES string of the molecule is CCNC(=O)CN(CC)C(=O)COc1ccccc1CN. The first-order valence-electron chi connectivity index (χ1n) is 7.07. The van der Waals surface area contributed by atoms with E-state index >= 15 is 0 Å². The van der Waals surface area contributed by atoms with Gasteiger partial charge in [0.05, 0.1) is 6.54 Å². The molecule has 0 spiro atoms. The molecule has 0 aliphatic carbocycles. The van der Waals surface area contributed by atoms with Crippen molar-refractivity contribution in [1.29, 1.82) is 0 Å². The van der Waals surface area contributed by atoms with Gasteiger partial charge in [-0.3, -0.25) is 9.59 Å². The van der Waals surface area contributed by atoms with Crippen LogP contribution in [0.25, 0.3) is 0 Å². The molecule has 1 aromatic carbocycles. The second kappa shape index (κ2) is 8.97. The van der Waals surface area contributed by atoms with Gasteiger partial charge in [-0.15, -0.1) is 0 Å². The van der Waals surface area contributed by atoms with Crippen molar-refractivity contribution in [1.82, 2.24) is 10.2 Å². The fourth-order valence-electron chi connectivity index (χ4n) is 1.85. The lowest BCUT2D eigenvalue weighted by Crippen LogP contribution is -2.42. The highest BCUT2D eigenvalue weighted by atomic mass is 16.5. The van der Waals surface area contributed by atoms with Crippen molar-refractivity contribution in [3.05, 3.63) is 29.8 Å². The maximum Gasteiger partial charge on any atom is 0.260 e. The fourth-order valence-corrected chi connectivity index (χ4v) is 1.85. The number of para-hydroxylation sites is 1. The predicted molar refractivity (Wildman–Crippen MR) is 80.8 cm³/mol. The summed E-state index contributed by atoms with van der Waals surface area (Å²) in [6.07, 6.45) is 0. The predicted octanol–water partition coefficient (Wildman–Crippen LogP) is 0.509. The van der Waals surface area contributed by atoms with E-state index < -0.39 is 0 Å². The molecule has 116 valence electrons. The molecule has 1 rings (SSSR count). The van der Waals surface area contributed by atoms with E-state index in [0.29, 0.717) is 25.4 Å². The molecule has 0 aromatic heterocycles. The van der Waals surface area contributed by atoms with Crippen LogP contribution in [0.1, 0.15) is 19.4 Å². The number of nitrogens with two attached hydrogens (primary N) is 1. The molecule has 0 atom stereocenters. The van der Waals surface area contributed by atoms with Crippen LogP contribution in [-0.2, 0) is 16.1 Å². The summed E-state index contributed by atoms with van der Waals surface area (Å²) in [7, 11) is 0. The Morgan fingerprint density at radius 2 is 2.00 bits per heavy atom. The molecule has 3 N–H and O–H groups in total. The molecule has 6 heteroatoms. The molecule has 1 aromatic rings. The number of carbonyl (C=O) groups is 2. The highest BCUT2D eigenvalue weighted by Crippen LogP contribution is 2.16. The minimum atomic E-state index is -0.226. The van der Waals surface area contributed by atoms with Crippen LogP contribution in [0.15, 0.2) is 24.3 Å². The number of nitrogens with one attached hydrogen (secondary N) is 1. The molecule has 0 fully saturated rings. The summed E-state index contributed by atoms with van der Waals surface area (Å²) in [5.41, 5.74) is 6.46. The largest absolute Gasteiger partial charge is 0.483 e. The first-order chi connectivity index (χ1) is 10.1. The Hall–Kier alpha value is -2.08. The molecule has 0 radical (unpaired) electrons. The van der Waals surface area contributed by atoms with E-state index in [1.54, 1.807) is 6.07 Å². The van der Waals surface area contributed by atoms with Gasteiger partial charge in [0.2, 0.25) is 5.91 Å². The zero-order valence-electron chi connectivity index (χ0n) is 12.6. The quantitative estimate of drug-likeness (QED) is 0.731. The van der Waals surface area contributed by atoms with Gasteiger partial charge in [0.1, 0.15) is 5.75 Å². The number of benzene rings is 1. The molecule has 21 heavy (non-hydrogen) atoms. The molecule has 0 aliphatic rings. The van der Waals surface area contributed by atoms with Gasteiger partial charge in [-0.05, 0) is 19.9 Å². The van der Waals surface area contributed by atoms with Gasteiger partial charge in [0.15, 0.2) is 6.61 Å². The van der Waals surface area contributed by atoms with E-state index in [0.717, 1.165) is 5.56 Å². The van der Waals surface area contributed by atoms with Crippen LogP contribution in [0.4, 0.5) is 0 Å². The lowest BCUT2D eigenvalue weighted by molar-refractivity contribution is -0.137. The van der Waals surface area contributed by atoms with Crippen LogP contribution in [0.2, 0.25) is 0 Å². The molecular weight excluding hydrogens is 270 g/mol. The van der Waals surface area contributed by atoms with Gasteiger partial charge in [0.25, 0.3) is 5.91 Å². The summed E-state index contributed by atoms with van der Waals surface area (Å²) in [6, 6.07) is 7.32. The van der Waals surface area contributed by atoms with Crippen LogP contribution in [0.5, 0.6) is 5.75 Å². The summed E-state index contributed by atoms with van der Waals surface area (Å²) >= 11 is 0. The number of rotatable bonds is 8. The summed E-state index contributed by atoms with van der Waals surface area (Å²) in [5, 5.41) is 2.67. The number of nitrogens with zero attached hydrogens (tertiary/aromatic N) is 1. The fraction of sp³-hybridized carbons (Fsp3) is 0.467. The Morgan fingerprint density at radius 1 is 1.29 bits per heavy atom. The molecule has 6 nitrogen and oxygen atoms in total. The Morgan fingerprint density at radius 3 is 2.62 bits per heavy atom. The molecular formula is C15H23N3O3. The number of likely N-dealkylation sites (N-methyl/N-ethyl adjacent to an activating group) is 2. The van der Waals surface area contributed by atoms with Crippen molar-refractivity contribution in [3.63, 3.8) is 0 Å². The van der Waals surface area contributed by atoms with Gasteiger partial charge in [-0.25, -0.2) is 0 Å². The first-order valence-corrected chi connectivity index (χ1v) is 7.07. The average molecular weight is 293 g/mol. The van der Waals surface area contributed by atoms with Crippen molar-refractivity contribution in [2.75, 3.05) is 26.2 Å². The smallest absolute Gasteiger partial charge is 0.260 e. The van der Waals surface area contributed by atoms with Crippen molar-refractivity contribution < 1.29 is 14.3 Å². The van der Waals surface area contributed by atoms with E-state index in [-0.39, 0.29) is 25.0 Å². The van der Waals surface area contributed by atoms with E-state index in [2.05, 4.69) is 5.32 Å². The molecule has 2 amide bonds. The number of carbonyl (C=O) groups excluding carboxylic acids is 2. The highest BCUT2D eigenvalue weighted by Gasteiger charge is 2.16. The van der Waals surface area contributed by atoms with Gasteiger partial charge in [0, 0.05) is 25.2 Å². The zero-order chi connectivity index (χ0) is 15.7. The standard InChI is InChI=1S/C15H23N3O3/c1-3-17-14(19)10-18(4-2)15(20)11-21-13-8-6-5-7-12(13)9-16/h5-8H,3-4,9-11,16H2,1-2H3,(H,17,19). The second-order valence-corrected chi connectivity index (χ2v) is 4.46. The second-order valence-electron chi connectivity index (χ2n) is 4.46. The number of ether oxygens (including phenoxy) is 1. The van der Waals surface area contributed by atoms with E-state index in [1.807, 2.05) is 32.0 Å². The van der Waals surface area contributed by atoms with Crippen molar-refractivity contribution in [2.24, 2.45) is 5.73 Å². The van der Waals surface area contributed by atoms with Crippen LogP contribution in [0, 0.1) is 0 Å². The maximum atomic E-state index is 12.1. The zero-order valence-corrected chi connectivity index (χ0v) is 12.6. The molecule has 0 aliphatic heterocycles. The normalized spacial score (nSPS) is 10.0. The van der Waals surface area contributed by atoms with Crippen molar-refractivity contribution >= 4 is 11.8 Å². The summed E-state index contributed by atoms with van der Waals surface area (Å²) < 4.78 is 5.51. The van der Waals surface area contributed by atoms with E-state index in [1.165, 1.54) is 4.90 Å². The van der Waals surface area contributed by atoms with Gasteiger partial charge < -0.3 is 20.7 Å². The monoisotopic (exact) mass is 293 g/mol. The maximum absolute atomic E-state index is 12.1. The lowest BCUT2D eigenvalue weighted by atomic mass is 10.2. The minimum Gasteiger partial charge on any atom is -0.483 e. The van der Waals surface area contributed by atoms with Crippen LogP contribution in [0.3, 0.4) is 0 Å². The molecule has 0 heterocycles. The Balaban J connectivity index is 2.56. The molecule has 0 saturated carbocycles. The summed E-state index contributed by atoms with van der Waals surface area (Å²) in [4.78, 5) is 25.1. The molecule has 0 bridgehead atoms. The van der Waals surface area contributed by atoms with Gasteiger partial charge >= 0.3 is 0 Å². The third-order valence-corrected chi connectivity index (χ3v) is 2.99. The van der Waals surface area contributed by atoms with Gasteiger partial charge in [-0.1, -0.05) is 18.2 Å². The number of hydrogen-bond acceptors (Lipinski definition) is 4. The lowest BCUT2D eigenvalue weighted by Gasteiger charge is -2.20. The molecule has 0 unspecified atom stereocenters. The van der Waals surface area contributed by atoms with Crippen LogP contribution >= 0.6 is 0 Å². The highest BCUT2D eigenvalue weighted by molar-refractivity contribution is 5.85. The van der Waals surface area contributed by atoms with E-state index in [4.69, 9.17) is 10.5 Å². The van der Waals surface area contributed by atoms with Crippen molar-refractivity contribution in [2.45, 2.75) is 20.4 Å². The van der Waals surface area contributed by atoms with Crippen molar-refractivity contribution in [3.8, 4) is 5.75 Å². The average Bonchev–Trinajstić information content (AvgIpc) is 2.50. The van der Waals surface area contributed by atoms with Gasteiger partial charge in [-0.2, -0.15) is 0 Å². The number of hydrogen-bond donors (Lipinski definition) is 2. The van der Waals surface area contributed by atoms with Crippen LogP contribution < -0.4 is 15.8 Å². The summed E-state index contributed by atoms with van der Waals surface area (Å²) in [5.74, 6) is 0.202. The van der Waals surface area contributed by atoms with E-state index in [9.17, 15) is 9.59 Å². The number of amides is 2. The Bertz CT molecular complexity index is 477. The third-order valence-electron chi connectivity index (χ3n) is 2.99. The third kappa shape index (κ3) is 5.43. The minimum absolute atomic E-state index is 0.0467.